The van der Waals surface area contributed by atoms with Crippen LogP contribution < -0.4 is 5.32 Å². The normalized spacial score (nSPS) is 24.1. The molecule has 0 saturated carbocycles. The minimum absolute atomic E-state index is 0.0240. The number of aromatic nitrogens is 1. The zero-order valence-electron chi connectivity index (χ0n) is 17.8. The fraction of sp³-hybridized carbons (Fsp3) is 0.565. The van der Waals surface area contributed by atoms with Gasteiger partial charge in [0.15, 0.2) is 0 Å². The van der Waals surface area contributed by atoms with Crippen LogP contribution in [0.2, 0.25) is 0 Å². The molecule has 4 rings (SSSR count). The van der Waals surface area contributed by atoms with Gasteiger partial charge in [-0.25, -0.2) is 4.98 Å². The molecule has 0 bridgehead atoms. The summed E-state index contributed by atoms with van der Waals surface area (Å²) < 4.78 is 5.92. The second kappa shape index (κ2) is 8.17. The first-order chi connectivity index (χ1) is 13.8. The summed E-state index contributed by atoms with van der Waals surface area (Å²) in [5.74, 6) is 0.267. The molecule has 2 saturated heterocycles. The highest BCUT2D eigenvalue weighted by atomic mass is 32.1. The number of nitrogens with one attached hydrogen (secondary N) is 1. The molecule has 2 aliphatic heterocycles. The summed E-state index contributed by atoms with van der Waals surface area (Å²) in [4.78, 5) is 20.3. The number of hydrogen-bond donors (Lipinski definition) is 1. The van der Waals surface area contributed by atoms with E-state index in [-0.39, 0.29) is 29.7 Å². The van der Waals surface area contributed by atoms with Crippen molar-refractivity contribution in [1.29, 1.82) is 0 Å². The highest BCUT2D eigenvalue weighted by Gasteiger charge is 2.49. The third-order valence-corrected chi connectivity index (χ3v) is 6.65. The second-order valence-corrected chi connectivity index (χ2v) is 10.3. The van der Waals surface area contributed by atoms with E-state index in [0.717, 1.165) is 31.6 Å². The predicted molar refractivity (Wildman–Crippen MR) is 117 cm³/mol. The number of carbonyl (C=O) groups is 1. The van der Waals surface area contributed by atoms with Gasteiger partial charge in [0, 0.05) is 19.5 Å². The van der Waals surface area contributed by atoms with Crippen molar-refractivity contribution >= 4 is 17.2 Å². The van der Waals surface area contributed by atoms with Gasteiger partial charge in [0.1, 0.15) is 12.3 Å². The van der Waals surface area contributed by atoms with Gasteiger partial charge in [-0.05, 0) is 36.3 Å². The van der Waals surface area contributed by atoms with Gasteiger partial charge in [-0.1, -0.05) is 45.0 Å². The Morgan fingerprint density at radius 2 is 2.07 bits per heavy atom. The molecule has 1 N–H and O–H groups in total. The van der Waals surface area contributed by atoms with Crippen molar-refractivity contribution in [2.75, 3.05) is 6.54 Å². The van der Waals surface area contributed by atoms with Gasteiger partial charge in [0.05, 0.1) is 22.1 Å². The topological polar surface area (TPSA) is 57.8 Å². The lowest BCUT2D eigenvalue weighted by Crippen LogP contribution is -2.41. The van der Waals surface area contributed by atoms with Crippen molar-refractivity contribution in [3.8, 4) is 10.4 Å². The summed E-state index contributed by atoms with van der Waals surface area (Å²) in [7, 11) is 0. The zero-order valence-corrected chi connectivity index (χ0v) is 18.6. The maximum atomic E-state index is 12.7. The van der Waals surface area contributed by atoms with Crippen LogP contribution in [0, 0.1) is 12.3 Å². The first-order valence-electron chi connectivity index (χ1n) is 10.5. The quantitative estimate of drug-likeness (QED) is 0.715. The highest BCUT2D eigenvalue weighted by Crippen LogP contribution is 2.35. The Labute approximate surface area is 177 Å². The lowest BCUT2D eigenvalue weighted by molar-refractivity contribution is -0.134. The van der Waals surface area contributed by atoms with Crippen molar-refractivity contribution < 1.29 is 9.53 Å². The van der Waals surface area contributed by atoms with Gasteiger partial charge in [-0.2, -0.15) is 0 Å². The van der Waals surface area contributed by atoms with Crippen LogP contribution in [0.5, 0.6) is 0 Å². The average molecular weight is 414 g/mol. The number of benzene rings is 1. The number of carbonyl (C=O) groups excluding carboxylic acids is 1. The monoisotopic (exact) mass is 413 g/mol. The molecule has 2 aliphatic rings. The van der Waals surface area contributed by atoms with E-state index >= 15 is 0 Å². The fourth-order valence-corrected chi connectivity index (χ4v) is 4.96. The molecule has 2 unspecified atom stereocenters. The third-order valence-electron chi connectivity index (χ3n) is 5.67. The average Bonchev–Trinajstić information content (AvgIpc) is 3.05. The lowest BCUT2D eigenvalue weighted by Gasteiger charge is -2.27. The van der Waals surface area contributed by atoms with Gasteiger partial charge in [-0.15, -0.1) is 11.3 Å². The van der Waals surface area contributed by atoms with Crippen LogP contribution >= 0.6 is 11.3 Å². The van der Waals surface area contributed by atoms with Gasteiger partial charge >= 0.3 is 0 Å². The summed E-state index contributed by atoms with van der Waals surface area (Å²) in [5, 5.41) is 3.50. The van der Waals surface area contributed by atoms with E-state index in [0.29, 0.717) is 6.42 Å². The molecule has 0 spiro atoms. The summed E-state index contributed by atoms with van der Waals surface area (Å²) in [6, 6.07) is 8.86. The number of rotatable bonds is 6. The largest absolute Gasteiger partial charge is 0.351 e. The summed E-state index contributed by atoms with van der Waals surface area (Å²) in [5.41, 5.74) is 5.45. The molecule has 2 aromatic rings. The van der Waals surface area contributed by atoms with Crippen LogP contribution in [0.15, 0.2) is 29.8 Å². The molecule has 1 aromatic carbocycles. The van der Waals surface area contributed by atoms with Crippen molar-refractivity contribution in [3.63, 3.8) is 0 Å². The number of epoxide rings is 1. The Hall–Kier alpha value is -1.76. The minimum Gasteiger partial charge on any atom is -0.351 e. The minimum atomic E-state index is 0.0240. The van der Waals surface area contributed by atoms with Crippen LogP contribution in [-0.4, -0.2) is 40.7 Å². The van der Waals surface area contributed by atoms with Crippen LogP contribution in [0.3, 0.4) is 0 Å². The van der Waals surface area contributed by atoms with E-state index < -0.39 is 0 Å². The highest BCUT2D eigenvalue weighted by molar-refractivity contribution is 7.13. The predicted octanol–water partition coefficient (Wildman–Crippen LogP) is 4.36. The summed E-state index contributed by atoms with van der Waals surface area (Å²) in [6.45, 7) is 10.0. The van der Waals surface area contributed by atoms with Gasteiger partial charge in [0.25, 0.3) is 0 Å². The molecular weight excluding hydrogens is 382 g/mol. The van der Waals surface area contributed by atoms with E-state index in [1.165, 1.54) is 16.0 Å². The van der Waals surface area contributed by atoms with Gasteiger partial charge in [0.2, 0.25) is 5.91 Å². The maximum absolute atomic E-state index is 12.7. The second-order valence-electron chi connectivity index (χ2n) is 9.40. The van der Waals surface area contributed by atoms with Gasteiger partial charge in [-0.3, -0.25) is 10.1 Å². The Kier molecular flexibility index (Phi) is 5.78. The SMILES string of the molecule is Cc1ncsc1-c1ccc(CNC2OC2[C@@H]2CCCN2C(=O)CC(C)(C)C)cc1. The van der Waals surface area contributed by atoms with Crippen LogP contribution in [0.1, 0.15) is 51.3 Å². The number of nitrogens with zero attached hydrogens (tertiary/aromatic N) is 2. The van der Waals surface area contributed by atoms with E-state index in [2.05, 4.69) is 60.2 Å². The molecule has 3 heterocycles. The Morgan fingerprint density at radius 3 is 2.72 bits per heavy atom. The third kappa shape index (κ3) is 4.87. The van der Waals surface area contributed by atoms with Crippen LogP contribution in [-0.2, 0) is 16.1 Å². The molecule has 2 fully saturated rings. The van der Waals surface area contributed by atoms with E-state index in [4.69, 9.17) is 4.74 Å². The molecule has 0 aliphatic carbocycles. The molecule has 5 nitrogen and oxygen atoms in total. The van der Waals surface area contributed by atoms with Crippen molar-refractivity contribution in [3.05, 3.63) is 41.0 Å². The van der Waals surface area contributed by atoms with Gasteiger partial charge < -0.3 is 9.64 Å². The molecule has 1 amide bonds. The standard InChI is InChI=1S/C23H31N3O2S/c1-15-21(29-14-25-15)17-9-7-16(8-10-17)13-24-22-20(28-22)18-6-5-11-26(18)19(27)12-23(2,3)4/h7-10,14,18,20,22,24H,5-6,11-13H2,1-4H3/t18-,20?,22?/m0/s1. The van der Waals surface area contributed by atoms with Crippen LogP contribution in [0.4, 0.5) is 0 Å². The molecule has 1 aromatic heterocycles. The Bertz CT molecular complexity index is 856. The van der Waals surface area contributed by atoms with Crippen molar-refractivity contribution in [2.45, 2.75) is 71.9 Å². The fourth-order valence-electron chi connectivity index (χ4n) is 4.15. The first kappa shape index (κ1) is 20.5. The van der Waals surface area contributed by atoms with E-state index in [1.807, 2.05) is 12.4 Å². The Morgan fingerprint density at radius 1 is 1.31 bits per heavy atom. The number of amides is 1. The molecule has 29 heavy (non-hydrogen) atoms. The number of aryl methyl sites for hydroxylation is 1. The first-order valence-corrected chi connectivity index (χ1v) is 11.4. The Balaban J connectivity index is 1.29. The molecular formula is C23H31N3O2S. The van der Waals surface area contributed by atoms with Crippen molar-refractivity contribution in [2.24, 2.45) is 5.41 Å². The van der Waals surface area contributed by atoms with Crippen LogP contribution in [0.25, 0.3) is 10.4 Å². The molecule has 156 valence electrons. The molecule has 6 heteroatoms. The smallest absolute Gasteiger partial charge is 0.223 e. The number of ether oxygens (including phenoxy) is 1. The molecule has 3 atom stereocenters. The van der Waals surface area contributed by atoms with Crippen molar-refractivity contribution in [1.82, 2.24) is 15.2 Å². The number of hydrogen-bond acceptors (Lipinski definition) is 5. The lowest BCUT2D eigenvalue weighted by atomic mass is 9.91. The summed E-state index contributed by atoms with van der Waals surface area (Å²) in [6.07, 6.45) is 2.89. The van der Waals surface area contributed by atoms with E-state index in [1.54, 1.807) is 11.3 Å². The van der Waals surface area contributed by atoms with E-state index in [9.17, 15) is 4.79 Å². The number of thiazole rings is 1. The zero-order chi connectivity index (χ0) is 20.6. The maximum Gasteiger partial charge on any atom is 0.223 e. The summed E-state index contributed by atoms with van der Waals surface area (Å²) >= 11 is 1.68. The number of likely N-dealkylation sites (tertiary alicyclic amines) is 1. The molecule has 0 radical (unpaired) electrons.